The normalized spacial score (nSPS) is 10.2. The predicted molar refractivity (Wildman–Crippen MR) is 71.0 cm³/mol. The zero-order chi connectivity index (χ0) is 13.5. The molecule has 0 heterocycles. The molecule has 0 bridgehead atoms. The Kier molecular flexibility index (Phi) is 6.16. The van der Waals surface area contributed by atoms with Crippen molar-refractivity contribution in [2.75, 3.05) is 6.61 Å². The van der Waals surface area contributed by atoms with E-state index in [4.69, 9.17) is 27.9 Å². The molecule has 0 aromatic heterocycles. The first-order valence-corrected chi connectivity index (χ1v) is 6.39. The molecule has 0 spiro atoms. The second kappa shape index (κ2) is 7.39. The van der Waals surface area contributed by atoms with Gasteiger partial charge in [0.2, 0.25) is 0 Å². The fourth-order valence-corrected chi connectivity index (χ4v) is 1.92. The summed E-state index contributed by atoms with van der Waals surface area (Å²) in [4.78, 5) is 22.8. The molecule has 0 atom stereocenters. The molecule has 18 heavy (non-hydrogen) atoms. The Morgan fingerprint density at radius 3 is 2.56 bits per heavy atom. The minimum Gasteiger partial charge on any atom is -0.466 e. The van der Waals surface area contributed by atoms with Gasteiger partial charge in [-0.25, -0.2) is 0 Å². The fraction of sp³-hybridized carbons (Fsp3) is 0.385. The van der Waals surface area contributed by atoms with Crippen molar-refractivity contribution in [2.45, 2.75) is 26.2 Å². The van der Waals surface area contributed by atoms with E-state index >= 15 is 0 Å². The van der Waals surface area contributed by atoms with Gasteiger partial charge in [-0.1, -0.05) is 29.3 Å². The first-order chi connectivity index (χ1) is 8.52. The first kappa shape index (κ1) is 15.0. The molecule has 0 fully saturated rings. The van der Waals surface area contributed by atoms with Gasteiger partial charge >= 0.3 is 5.97 Å². The summed E-state index contributed by atoms with van der Waals surface area (Å²) in [6.07, 6.45) is 0.477. The number of benzene rings is 1. The van der Waals surface area contributed by atoms with Gasteiger partial charge in [-0.3, -0.25) is 9.59 Å². The highest BCUT2D eigenvalue weighted by Gasteiger charge is 2.10. The summed E-state index contributed by atoms with van der Waals surface area (Å²) in [5.74, 6) is -0.402. The molecular formula is C13H14Cl2O3. The van der Waals surface area contributed by atoms with Crippen molar-refractivity contribution in [3.05, 3.63) is 33.8 Å². The van der Waals surface area contributed by atoms with Crippen LogP contribution in [0, 0.1) is 0 Å². The summed E-state index contributed by atoms with van der Waals surface area (Å²) in [5.41, 5.74) is 0.718. The average molecular weight is 289 g/mol. The molecule has 0 saturated carbocycles. The third kappa shape index (κ3) is 5.07. The van der Waals surface area contributed by atoms with E-state index in [2.05, 4.69) is 0 Å². The molecule has 98 valence electrons. The molecule has 0 radical (unpaired) electrons. The molecule has 0 aliphatic heterocycles. The lowest BCUT2D eigenvalue weighted by Crippen LogP contribution is -2.09. The summed E-state index contributed by atoms with van der Waals surface area (Å²) >= 11 is 11.7. The van der Waals surface area contributed by atoms with Gasteiger partial charge in [0.05, 0.1) is 13.0 Å². The van der Waals surface area contributed by atoms with Crippen molar-refractivity contribution in [1.29, 1.82) is 0 Å². The number of halogens is 2. The van der Waals surface area contributed by atoms with Crippen LogP contribution in [0.5, 0.6) is 0 Å². The van der Waals surface area contributed by atoms with Crippen molar-refractivity contribution in [3.63, 3.8) is 0 Å². The van der Waals surface area contributed by atoms with Gasteiger partial charge in [-0.05, 0) is 24.6 Å². The number of ether oxygens (including phenoxy) is 1. The molecule has 0 N–H and O–H groups in total. The van der Waals surface area contributed by atoms with Gasteiger partial charge in [0, 0.05) is 22.9 Å². The first-order valence-electron chi connectivity index (χ1n) is 5.64. The molecule has 0 saturated heterocycles. The van der Waals surface area contributed by atoms with Crippen LogP contribution in [0.2, 0.25) is 10.0 Å². The Morgan fingerprint density at radius 2 is 1.94 bits per heavy atom. The number of ketones is 1. The van der Waals surface area contributed by atoms with E-state index < -0.39 is 0 Å². The second-order valence-electron chi connectivity index (χ2n) is 3.76. The Labute approximate surface area is 116 Å². The van der Waals surface area contributed by atoms with Crippen molar-refractivity contribution in [3.8, 4) is 0 Å². The number of rotatable bonds is 6. The maximum Gasteiger partial charge on any atom is 0.306 e. The molecule has 0 unspecified atom stereocenters. The van der Waals surface area contributed by atoms with Crippen molar-refractivity contribution < 1.29 is 14.3 Å². The number of hydrogen-bond donors (Lipinski definition) is 0. The van der Waals surface area contributed by atoms with E-state index in [0.29, 0.717) is 16.7 Å². The molecular weight excluding hydrogens is 275 g/mol. The largest absolute Gasteiger partial charge is 0.466 e. The van der Waals surface area contributed by atoms with E-state index in [1.54, 1.807) is 25.1 Å². The average Bonchev–Trinajstić information content (AvgIpc) is 2.31. The Hall–Kier alpha value is -1.06. The molecule has 3 nitrogen and oxygen atoms in total. The lowest BCUT2D eigenvalue weighted by Gasteiger charge is -2.04. The van der Waals surface area contributed by atoms with Gasteiger partial charge in [0.15, 0.2) is 0 Å². The standard InChI is InChI=1S/C13H14Cl2O3/c1-2-18-13(17)6-5-11(16)7-9-3-4-10(14)8-12(9)15/h3-4,8H,2,5-7H2,1H3. The Morgan fingerprint density at radius 1 is 1.22 bits per heavy atom. The summed E-state index contributed by atoms with van der Waals surface area (Å²) in [5, 5.41) is 0.995. The third-order valence-electron chi connectivity index (χ3n) is 2.32. The van der Waals surface area contributed by atoms with Gasteiger partial charge in [-0.15, -0.1) is 0 Å². The molecule has 5 heteroatoms. The molecule has 1 rings (SSSR count). The van der Waals surface area contributed by atoms with Crippen LogP contribution in [0.4, 0.5) is 0 Å². The van der Waals surface area contributed by atoms with Crippen LogP contribution >= 0.6 is 23.2 Å². The summed E-state index contributed by atoms with van der Waals surface area (Å²) in [6.45, 7) is 2.06. The van der Waals surface area contributed by atoms with Gasteiger partial charge in [0.25, 0.3) is 0 Å². The van der Waals surface area contributed by atoms with Crippen LogP contribution < -0.4 is 0 Å². The SMILES string of the molecule is CCOC(=O)CCC(=O)Cc1ccc(Cl)cc1Cl. The van der Waals surface area contributed by atoms with E-state index in [1.807, 2.05) is 0 Å². The smallest absolute Gasteiger partial charge is 0.306 e. The predicted octanol–water partition coefficient (Wildman–Crippen LogP) is 3.45. The maximum absolute atomic E-state index is 11.7. The van der Waals surface area contributed by atoms with Crippen LogP contribution in [-0.4, -0.2) is 18.4 Å². The van der Waals surface area contributed by atoms with Crippen molar-refractivity contribution in [1.82, 2.24) is 0 Å². The zero-order valence-electron chi connectivity index (χ0n) is 10.0. The van der Waals surface area contributed by atoms with Crippen molar-refractivity contribution >= 4 is 35.0 Å². The molecule has 1 aromatic carbocycles. The van der Waals surface area contributed by atoms with Gasteiger partial charge < -0.3 is 4.74 Å². The fourth-order valence-electron chi connectivity index (χ4n) is 1.44. The number of esters is 1. The van der Waals surface area contributed by atoms with Crippen LogP contribution in [0.25, 0.3) is 0 Å². The molecule has 0 aliphatic carbocycles. The number of carbonyl (C=O) groups is 2. The minimum atomic E-state index is -0.354. The lowest BCUT2D eigenvalue weighted by molar-refractivity contribution is -0.144. The van der Waals surface area contributed by atoms with E-state index in [0.717, 1.165) is 5.56 Å². The molecule has 0 amide bonds. The lowest BCUT2D eigenvalue weighted by atomic mass is 10.1. The topological polar surface area (TPSA) is 43.4 Å². The number of carbonyl (C=O) groups excluding carboxylic acids is 2. The molecule has 0 aliphatic rings. The van der Waals surface area contributed by atoms with E-state index in [1.165, 1.54) is 0 Å². The number of hydrogen-bond acceptors (Lipinski definition) is 3. The minimum absolute atomic E-state index is 0.0488. The highest BCUT2D eigenvalue weighted by atomic mass is 35.5. The second-order valence-corrected chi connectivity index (χ2v) is 4.60. The van der Waals surface area contributed by atoms with Crippen LogP contribution in [-0.2, 0) is 20.7 Å². The van der Waals surface area contributed by atoms with E-state index in [-0.39, 0.29) is 31.0 Å². The highest BCUT2D eigenvalue weighted by Crippen LogP contribution is 2.21. The quantitative estimate of drug-likeness (QED) is 0.753. The van der Waals surface area contributed by atoms with Gasteiger partial charge in [0.1, 0.15) is 5.78 Å². The third-order valence-corrected chi connectivity index (χ3v) is 2.90. The molecule has 1 aromatic rings. The summed E-state index contributed by atoms with van der Waals surface area (Å²) in [7, 11) is 0. The van der Waals surface area contributed by atoms with Crippen molar-refractivity contribution in [2.24, 2.45) is 0 Å². The Balaban J connectivity index is 2.47. The monoisotopic (exact) mass is 288 g/mol. The van der Waals surface area contributed by atoms with Crippen LogP contribution in [0.15, 0.2) is 18.2 Å². The van der Waals surface area contributed by atoms with Gasteiger partial charge in [-0.2, -0.15) is 0 Å². The summed E-state index contributed by atoms with van der Waals surface area (Å²) in [6, 6.07) is 4.99. The number of Topliss-reactive ketones (excluding diaryl/α,β-unsaturated/α-hetero) is 1. The zero-order valence-corrected chi connectivity index (χ0v) is 11.6. The van der Waals surface area contributed by atoms with Crippen LogP contribution in [0.3, 0.4) is 0 Å². The Bertz CT molecular complexity index is 444. The highest BCUT2D eigenvalue weighted by molar-refractivity contribution is 6.35. The van der Waals surface area contributed by atoms with E-state index in [9.17, 15) is 9.59 Å². The van der Waals surface area contributed by atoms with Crippen LogP contribution in [0.1, 0.15) is 25.3 Å². The maximum atomic E-state index is 11.7. The summed E-state index contributed by atoms with van der Waals surface area (Å²) < 4.78 is 4.75.